The highest BCUT2D eigenvalue weighted by Gasteiger charge is 2.36. The van der Waals surface area contributed by atoms with Gasteiger partial charge in [-0.2, -0.15) is 5.26 Å². The molecule has 1 unspecified atom stereocenters. The van der Waals surface area contributed by atoms with Gasteiger partial charge in [-0.05, 0) is 36.1 Å². The van der Waals surface area contributed by atoms with Crippen molar-refractivity contribution < 1.29 is 9.59 Å². The molecule has 0 aliphatic carbocycles. The van der Waals surface area contributed by atoms with Crippen LogP contribution in [0.25, 0.3) is 0 Å². The maximum Gasteiger partial charge on any atom is 0.250 e. The Morgan fingerprint density at radius 3 is 2.29 bits per heavy atom. The second kappa shape index (κ2) is 9.76. The smallest absolute Gasteiger partial charge is 0.250 e. The molecule has 2 fully saturated rings. The van der Waals surface area contributed by atoms with E-state index in [1.807, 2.05) is 59.5 Å². The maximum absolute atomic E-state index is 13.6. The molecule has 2 amide bonds. The van der Waals surface area contributed by atoms with E-state index in [0.717, 1.165) is 38.0 Å². The van der Waals surface area contributed by atoms with Crippen molar-refractivity contribution in [2.75, 3.05) is 32.7 Å². The quantitative estimate of drug-likeness (QED) is 0.752. The Morgan fingerprint density at radius 1 is 0.935 bits per heavy atom. The van der Waals surface area contributed by atoms with Crippen molar-refractivity contribution in [1.82, 2.24) is 14.7 Å². The molecule has 0 aromatic heterocycles. The monoisotopic (exact) mass is 416 g/mol. The number of rotatable bonds is 5. The lowest BCUT2D eigenvalue weighted by atomic mass is 9.99. The third-order valence-electron chi connectivity index (χ3n) is 6.19. The van der Waals surface area contributed by atoms with E-state index in [4.69, 9.17) is 5.26 Å². The Hall–Kier alpha value is -3.17. The summed E-state index contributed by atoms with van der Waals surface area (Å²) in [6.07, 6.45) is 2.37. The molecule has 0 N–H and O–H groups in total. The van der Waals surface area contributed by atoms with Crippen LogP contribution in [0.2, 0.25) is 0 Å². The summed E-state index contributed by atoms with van der Waals surface area (Å²) in [5.74, 6) is 0.104. The van der Waals surface area contributed by atoms with Gasteiger partial charge in [0.15, 0.2) is 0 Å². The number of piperidine rings is 1. The predicted octanol–water partition coefficient (Wildman–Crippen LogP) is 2.96. The summed E-state index contributed by atoms with van der Waals surface area (Å²) in [5.41, 5.74) is 2.72. The Bertz CT molecular complexity index is 944. The molecule has 2 aliphatic heterocycles. The standard InChI is InChI=1S/C25H28N4O2/c26-18-20-9-11-21(12-10-20)19-27-14-16-28(17-15-27)25(31)24(22-6-2-1-3-7-22)29-13-5-4-8-23(29)30/h1-3,6-7,9-12,24H,4-5,8,13-17,19H2. The summed E-state index contributed by atoms with van der Waals surface area (Å²) in [7, 11) is 0. The zero-order chi connectivity index (χ0) is 21.6. The summed E-state index contributed by atoms with van der Waals surface area (Å²) in [6.45, 7) is 4.34. The van der Waals surface area contributed by atoms with Gasteiger partial charge in [-0.25, -0.2) is 0 Å². The summed E-state index contributed by atoms with van der Waals surface area (Å²) in [5, 5.41) is 8.95. The second-order valence-electron chi connectivity index (χ2n) is 8.27. The zero-order valence-electron chi connectivity index (χ0n) is 17.7. The van der Waals surface area contributed by atoms with Crippen molar-refractivity contribution in [2.45, 2.75) is 31.8 Å². The fourth-order valence-electron chi connectivity index (χ4n) is 4.43. The lowest BCUT2D eigenvalue weighted by Gasteiger charge is -2.40. The molecule has 2 aromatic carbocycles. The van der Waals surface area contributed by atoms with E-state index < -0.39 is 6.04 Å². The molecule has 2 saturated heterocycles. The first-order chi connectivity index (χ1) is 15.2. The van der Waals surface area contributed by atoms with Gasteiger partial charge in [0.2, 0.25) is 11.8 Å². The van der Waals surface area contributed by atoms with E-state index >= 15 is 0 Å². The molecular formula is C25H28N4O2. The Balaban J connectivity index is 1.42. The van der Waals surface area contributed by atoms with Gasteiger partial charge in [0.25, 0.3) is 0 Å². The third kappa shape index (κ3) is 4.95. The summed E-state index contributed by atoms with van der Waals surface area (Å²) in [4.78, 5) is 32.2. The molecular weight excluding hydrogens is 388 g/mol. The molecule has 6 nitrogen and oxygen atoms in total. The van der Waals surface area contributed by atoms with Gasteiger partial charge in [-0.15, -0.1) is 0 Å². The van der Waals surface area contributed by atoms with Gasteiger partial charge in [0.05, 0.1) is 11.6 Å². The molecule has 0 saturated carbocycles. The fraction of sp³-hybridized carbons (Fsp3) is 0.400. The second-order valence-corrected chi connectivity index (χ2v) is 8.27. The Morgan fingerprint density at radius 2 is 1.65 bits per heavy atom. The van der Waals surface area contributed by atoms with E-state index in [0.29, 0.717) is 31.6 Å². The molecule has 0 spiro atoms. The van der Waals surface area contributed by atoms with Crippen LogP contribution in [0.5, 0.6) is 0 Å². The first-order valence-corrected chi connectivity index (χ1v) is 11.0. The van der Waals surface area contributed by atoms with Crippen LogP contribution in [-0.2, 0) is 16.1 Å². The average Bonchev–Trinajstić information content (AvgIpc) is 2.82. The molecule has 4 rings (SSSR count). The lowest BCUT2D eigenvalue weighted by Crippen LogP contribution is -2.53. The van der Waals surface area contributed by atoms with Crippen molar-refractivity contribution in [3.8, 4) is 6.07 Å². The topological polar surface area (TPSA) is 67.7 Å². The molecule has 2 aliphatic rings. The minimum absolute atomic E-state index is 0.0273. The molecule has 0 bridgehead atoms. The highest BCUT2D eigenvalue weighted by atomic mass is 16.2. The van der Waals surface area contributed by atoms with Crippen LogP contribution < -0.4 is 0 Å². The fourth-order valence-corrected chi connectivity index (χ4v) is 4.43. The predicted molar refractivity (Wildman–Crippen MR) is 118 cm³/mol. The molecule has 160 valence electrons. The van der Waals surface area contributed by atoms with Crippen molar-refractivity contribution >= 4 is 11.8 Å². The number of nitriles is 1. The summed E-state index contributed by atoms with van der Waals surface area (Å²) >= 11 is 0. The highest BCUT2D eigenvalue weighted by molar-refractivity contribution is 5.89. The summed E-state index contributed by atoms with van der Waals surface area (Å²) in [6, 6.07) is 19.0. The number of carbonyl (C=O) groups excluding carboxylic acids is 2. The van der Waals surface area contributed by atoms with Crippen LogP contribution in [0, 0.1) is 11.3 Å². The molecule has 6 heteroatoms. The first-order valence-electron chi connectivity index (χ1n) is 11.0. The molecule has 31 heavy (non-hydrogen) atoms. The zero-order valence-corrected chi connectivity index (χ0v) is 17.7. The minimum Gasteiger partial charge on any atom is -0.338 e. The van der Waals surface area contributed by atoms with Gasteiger partial charge in [0.1, 0.15) is 6.04 Å². The van der Waals surface area contributed by atoms with Gasteiger partial charge < -0.3 is 9.80 Å². The number of hydrogen-bond acceptors (Lipinski definition) is 4. The molecule has 2 heterocycles. The van der Waals surface area contributed by atoms with Gasteiger partial charge in [-0.3, -0.25) is 14.5 Å². The number of carbonyl (C=O) groups is 2. The number of piperazine rings is 1. The van der Waals surface area contributed by atoms with Gasteiger partial charge in [-0.1, -0.05) is 42.5 Å². The maximum atomic E-state index is 13.6. The van der Waals surface area contributed by atoms with E-state index in [2.05, 4.69) is 11.0 Å². The van der Waals surface area contributed by atoms with Gasteiger partial charge in [0, 0.05) is 45.7 Å². The lowest BCUT2D eigenvalue weighted by molar-refractivity contribution is -0.148. The van der Waals surface area contributed by atoms with Crippen LogP contribution in [0.15, 0.2) is 54.6 Å². The number of hydrogen-bond donors (Lipinski definition) is 0. The van der Waals surface area contributed by atoms with E-state index in [1.165, 1.54) is 5.56 Å². The SMILES string of the molecule is N#Cc1ccc(CN2CCN(C(=O)C(c3ccccc3)N3CCCCC3=O)CC2)cc1. The normalized spacial score (nSPS) is 18.5. The van der Waals surface area contributed by atoms with Crippen LogP contribution in [0.4, 0.5) is 0 Å². The van der Waals surface area contributed by atoms with E-state index in [9.17, 15) is 9.59 Å². The third-order valence-corrected chi connectivity index (χ3v) is 6.19. The molecule has 1 atom stereocenters. The largest absolute Gasteiger partial charge is 0.338 e. The van der Waals surface area contributed by atoms with E-state index in [-0.39, 0.29) is 11.8 Å². The Kier molecular flexibility index (Phi) is 6.63. The summed E-state index contributed by atoms with van der Waals surface area (Å²) < 4.78 is 0. The average molecular weight is 417 g/mol. The van der Waals surface area contributed by atoms with E-state index in [1.54, 1.807) is 4.90 Å². The van der Waals surface area contributed by atoms with Crippen LogP contribution in [0.1, 0.15) is 42.0 Å². The first kappa shape index (κ1) is 21.1. The molecule has 0 radical (unpaired) electrons. The highest BCUT2D eigenvalue weighted by Crippen LogP contribution is 2.28. The van der Waals surface area contributed by atoms with Crippen LogP contribution >= 0.6 is 0 Å². The van der Waals surface area contributed by atoms with Crippen LogP contribution in [0.3, 0.4) is 0 Å². The van der Waals surface area contributed by atoms with Gasteiger partial charge >= 0.3 is 0 Å². The van der Waals surface area contributed by atoms with Crippen molar-refractivity contribution in [1.29, 1.82) is 5.26 Å². The number of nitrogens with zero attached hydrogens (tertiary/aromatic N) is 4. The number of likely N-dealkylation sites (tertiary alicyclic amines) is 1. The van der Waals surface area contributed by atoms with Crippen molar-refractivity contribution in [3.05, 3.63) is 71.3 Å². The minimum atomic E-state index is -0.529. The molecule has 2 aromatic rings. The number of amides is 2. The Labute approximate surface area is 183 Å². The van der Waals surface area contributed by atoms with Crippen molar-refractivity contribution in [2.24, 2.45) is 0 Å². The van der Waals surface area contributed by atoms with Crippen molar-refractivity contribution in [3.63, 3.8) is 0 Å². The van der Waals surface area contributed by atoms with Crippen LogP contribution in [-0.4, -0.2) is 59.2 Å². The number of benzene rings is 2.